The minimum atomic E-state index is -1.05. The smallest absolute Gasteiger partial charge is 0.325 e. The second kappa shape index (κ2) is 7.13. The Labute approximate surface area is 147 Å². The molecule has 10 heteroatoms. The Hall–Kier alpha value is -3.56. The Bertz CT molecular complexity index is 856. The van der Waals surface area contributed by atoms with Crippen molar-refractivity contribution in [2.24, 2.45) is 0 Å². The summed E-state index contributed by atoms with van der Waals surface area (Å²) in [5, 5.41) is 18.6. The molecular weight excluding hydrogens is 342 g/mol. The highest BCUT2D eigenvalue weighted by Crippen LogP contribution is 2.22. The SMILES string of the molecule is O=C(O)Cn1cc(CNC(=O)CCN2C(=O)c3ccccc3C2=O)nn1. The van der Waals surface area contributed by atoms with Gasteiger partial charge < -0.3 is 10.4 Å². The molecule has 0 fully saturated rings. The Morgan fingerprint density at radius 1 is 1.12 bits per heavy atom. The van der Waals surface area contributed by atoms with E-state index in [2.05, 4.69) is 15.6 Å². The van der Waals surface area contributed by atoms with Crippen LogP contribution in [0.1, 0.15) is 32.8 Å². The molecule has 2 N–H and O–H groups in total. The zero-order valence-corrected chi connectivity index (χ0v) is 13.6. The van der Waals surface area contributed by atoms with Gasteiger partial charge in [0.25, 0.3) is 11.8 Å². The molecule has 10 nitrogen and oxygen atoms in total. The molecule has 26 heavy (non-hydrogen) atoms. The second-order valence-corrected chi connectivity index (χ2v) is 5.64. The highest BCUT2D eigenvalue weighted by atomic mass is 16.4. The molecule has 0 spiro atoms. The topological polar surface area (TPSA) is 134 Å². The number of carboxylic acids is 1. The van der Waals surface area contributed by atoms with E-state index in [0.29, 0.717) is 16.8 Å². The number of benzene rings is 1. The third kappa shape index (κ3) is 3.58. The van der Waals surface area contributed by atoms with E-state index in [9.17, 15) is 19.2 Å². The highest BCUT2D eigenvalue weighted by Gasteiger charge is 2.34. The predicted octanol–water partition coefficient (Wildman–Crippen LogP) is -0.335. The largest absolute Gasteiger partial charge is 0.480 e. The van der Waals surface area contributed by atoms with Crippen LogP contribution in [0.3, 0.4) is 0 Å². The van der Waals surface area contributed by atoms with Gasteiger partial charge in [0.1, 0.15) is 12.2 Å². The van der Waals surface area contributed by atoms with Gasteiger partial charge in [-0.15, -0.1) is 5.10 Å². The zero-order valence-electron chi connectivity index (χ0n) is 13.6. The molecule has 3 amide bonds. The van der Waals surface area contributed by atoms with Crippen molar-refractivity contribution >= 4 is 23.7 Å². The van der Waals surface area contributed by atoms with E-state index >= 15 is 0 Å². The van der Waals surface area contributed by atoms with E-state index < -0.39 is 17.8 Å². The van der Waals surface area contributed by atoms with Crippen molar-refractivity contribution in [2.75, 3.05) is 6.54 Å². The van der Waals surface area contributed by atoms with Gasteiger partial charge in [0.05, 0.1) is 23.9 Å². The van der Waals surface area contributed by atoms with Crippen LogP contribution >= 0.6 is 0 Å². The van der Waals surface area contributed by atoms with E-state index in [1.54, 1.807) is 24.3 Å². The third-order valence-electron chi connectivity index (χ3n) is 3.79. The van der Waals surface area contributed by atoms with Crippen LogP contribution in [-0.4, -0.2) is 55.2 Å². The van der Waals surface area contributed by atoms with Gasteiger partial charge in [0, 0.05) is 13.0 Å². The molecule has 1 aliphatic rings. The number of aliphatic carboxylic acids is 1. The van der Waals surface area contributed by atoms with Gasteiger partial charge in [0.15, 0.2) is 0 Å². The number of carbonyl (C=O) groups is 4. The van der Waals surface area contributed by atoms with Crippen LogP contribution in [0.15, 0.2) is 30.5 Å². The zero-order chi connectivity index (χ0) is 18.7. The summed E-state index contributed by atoms with van der Waals surface area (Å²) in [4.78, 5) is 47.9. The Morgan fingerprint density at radius 2 is 1.77 bits per heavy atom. The van der Waals surface area contributed by atoms with Gasteiger partial charge in [-0.25, -0.2) is 4.68 Å². The van der Waals surface area contributed by atoms with Crippen molar-refractivity contribution < 1.29 is 24.3 Å². The summed E-state index contributed by atoms with van der Waals surface area (Å²) in [5.41, 5.74) is 1.08. The summed E-state index contributed by atoms with van der Waals surface area (Å²) >= 11 is 0. The maximum absolute atomic E-state index is 12.2. The maximum Gasteiger partial charge on any atom is 0.325 e. The molecular formula is C16H15N5O5. The first kappa shape index (κ1) is 17.3. The van der Waals surface area contributed by atoms with Crippen molar-refractivity contribution in [2.45, 2.75) is 19.5 Å². The number of fused-ring (bicyclic) bond motifs is 1. The minimum absolute atomic E-state index is 0.0239. The van der Waals surface area contributed by atoms with E-state index in [-0.39, 0.29) is 32.0 Å². The van der Waals surface area contributed by atoms with E-state index in [1.165, 1.54) is 6.20 Å². The lowest BCUT2D eigenvalue weighted by Crippen LogP contribution is -2.34. The summed E-state index contributed by atoms with van der Waals surface area (Å²) in [5.74, 6) is -2.23. The molecule has 2 heterocycles. The average Bonchev–Trinajstić information content (AvgIpc) is 3.15. The number of hydrogen-bond donors (Lipinski definition) is 2. The van der Waals surface area contributed by atoms with Gasteiger partial charge in [0.2, 0.25) is 5.91 Å². The van der Waals surface area contributed by atoms with Crippen LogP contribution in [-0.2, 0) is 22.7 Å². The molecule has 0 saturated heterocycles. The quantitative estimate of drug-likeness (QED) is 0.648. The van der Waals surface area contributed by atoms with E-state index in [1.807, 2.05) is 0 Å². The Morgan fingerprint density at radius 3 is 2.38 bits per heavy atom. The molecule has 0 saturated carbocycles. The number of carbonyl (C=O) groups excluding carboxylic acids is 3. The number of nitrogens with zero attached hydrogens (tertiary/aromatic N) is 4. The van der Waals surface area contributed by atoms with Gasteiger partial charge in [-0.3, -0.25) is 24.1 Å². The third-order valence-corrected chi connectivity index (χ3v) is 3.79. The fourth-order valence-corrected chi connectivity index (χ4v) is 2.57. The number of amides is 3. The van der Waals surface area contributed by atoms with Crippen LogP contribution in [0.4, 0.5) is 0 Å². The first-order valence-corrected chi connectivity index (χ1v) is 7.78. The maximum atomic E-state index is 12.2. The monoisotopic (exact) mass is 357 g/mol. The molecule has 134 valence electrons. The van der Waals surface area contributed by atoms with Crippen LogP contribution in [0.2, 0.25) is 0 Å². The number of aromatic nitrogens is 3. The van der Waals surface area contributed by atoms with Crippen molar-refractivity contribution in [1.29, 1.82) is 0 Å². The summed E-state index contributed by atoms with van der Waals surface area (Å²) in [6, 6.07) is 6.52. The predicted molar refractivity (Wildman–Crippen MR) is 85.9 cm³/mol. The molecule has 0 atom stereocenters. The Kier molecular flexibility index (Phi) is 4.74. The van der Waals surface area contributed by atoms with E-state index in [0.717, 1.165) is 9.58 Å². The molecule has 2 aromatic rings. The van der Waals surface area contributed by atoms with Crippen LogP contribution < -0.4 is 5.32 Å². The van der Waals surface area contributed by atoms with Gasteiger partial charge in [-0.2, -0.15) is 0 Å². The van der Waals surface area contributed by atoms with Crippen LogP contribution in [0.5, 0.6) is 0 Å². The van der Waals surface area contributed by atoms with E-state index in [4.69, 9.17) is 5.11 Å². The molecule has 0 bridgehead atoms. The number of hydrogen-bond acceptors (Lipinski definition) is 6. The molecule has 3 rings (SSSR count). The molecule has 0 aliphatic carbocycles. The summed E-state index contributed by atoms with van der Waals surface area (Å²) in [6.45, 7) is -0.273. The van der Waals surface area contributed by atoms with Crippen molar-refractivity contribution in [3.63, 3.8) is 0 Å². The normalized spacial score (nSPS) is 13.0. The van der Waals surface area contributed by atoms with Crippen molar-refractivity contribution in [3.05, 3.63) is 47.3 Å². The lowest BCUT2D eigenvalue weighted by Gasteiger charge is -2.13. The second-order valence-electron chi connectivity index (χ2n) is 5.64. The lowest BCUT2D eigenvalue weighted by molar-refractivity contribution is -0.138. The first-order chi connectivity index (χ1) is 12.5. The van der Waals surface area contributed by atoms with Crippen LogP contribution in [0.25, 0.3) is 0 Å². The lowest BCUT2D eigenvalue weighted by atomic mass is 10.1. The number of imide groups is 1. The molecule has 0 unspecified atom stereocenters. The summed E-state index contributed by atoms with van der Waals surface area (Å²) in [6.07, 6.45) is 1.37. The first-order valence-electron chi connectivity index (χ1n) is 7.78. The standard InChI is InChI=1S/C16H15N5O5/c22-13(17-7-10-8-20(19-18-10)9-14(23)24)5-6-21-15(25)11-3-1-2-4-12(11)16(21)26/h1-4,8H,5-7,9H2,(H,17,22)(H,23,24). The number of carboxylic acid groups (broad SMARTS) is 1. The average molecular weight is 357 g/mol. The number of nitrogens with one attached hydrogen (secondary N) is 1. The molecule has 1 aromatic heterocycles. The highest BCUT2D eigenvalue weighted by molar-refractivity contribution is 6.21. The number of rotatable bonds is 7. The van der Waals surface area contributed by atoms with Gasteiger partial charge in [-0.1, -0.05) is 17.3 Å². The van der Waals surface area contributed by atoms with Crippen molar-refractivity contribution in [3.8, 4) is 0 Å². The Balaban J connectivity index is 1.49. The fraction of sp³-hybridized carbons (Fsp3) is 0.250. The van der Waals surface area contributed by atoms with Crippen LogP contribution in [0, 0.1) is 0 Å². The minimum Gasteiger partial charge on any atom is -0.480 e. The van der Waals surface area contributed by atoms with Gasteiger partial charge in [-0.05, 0) is 12.1 Å². The molecule has 0 radical (unpaired) electrons. The van der Waals surface area contributed by atoms with Gasteiger partial charge >= 0.3 is 5.97 Å². The van der Waals surface area contributed by atoms with Crippen molar-refractivity contribution in [1.82, 2.24) is 25.2 Å². The fourth-order valence-electron chi connectivity index (χ4n) is 2.57. The summed E-state index contributed by atoms with van der Waals surface area (Å²) in [7, 11) is 0. The molecule has 1 aromatic carbocycles. The molecule has 1 aliphatic heterocycles. The summed E-state index contributed by atoms with van der Waals surface area (Å²) < 4.78 is 1.14.